The largest absolute Gasteiger partial charge is 0.491 e. The number of hydrogen-bond donors (Lipinski definition) is 1. The van der Waals surface area contributed by atoms with Crippen LogP contribution in [-0.2, 0) is 17.7 Å². The third kappa shape index (κ3) is 6.00. The zero-order valence-electron chi connectivity index (χ0n) is 21.1. The van der Waals surface area contributed by atoms with Gasteiger partial charge < -0.3 is 24.2 Å². The maximum atomic E-state index is 13.3. The highest BCUT2D eigenvalue weighted by atomic mass is 16.5. The summed E-state index contributed by atoms with van der Waals surface area (Å²) in [6, 6.07) is 13.9. The van der Waals surface area contributed by atoms with Crippen molar-refractivity contribution >= 4 is 5.91 Å². The van der Waals surface area contributed by atoms with Crippen molar-refractivity contribution < 1.29 is 24.1 Å². The lowest BCUT2D eigenvalue weighted by Crippen LogP contribution is -2.44. The van der Waals surface area contributed by atoms with E-state index < -0.39 is 6.10 Å². The molecule has 3 aliphatic heterocycles. The minimum absolute atomic E-state index is 0.108. The molecule has 2 aromatic rings. The molecule has 1 fully saturated rings. The Kier molecular flexibility index (Phi) is 8.06. The average Bonchev–Trinajstić information content (AvgIpc) is 3.27. The van der Waals surface area contributed by atoms with E-state index in [4.69, 9.17) is 14.2 Å². The van der Waals surface area contributed by atoms with Gasteiger partial charge in [-0.1, -0.05) is 24.3 Å². The fraction of sp³-hybridized carbons (Fsp3) is 0.536. The van der Waals surface area contributed by atoms with Crippen molar-refractivity contribution in [3.63, 3.8) is 0 Å². The Balaban J connectivity index is 1.16. The van der Waals surface area contributed by atoms with Crippen molar-refractivity contribution in [2.75, 3.05) is 66.1 Å². The standard InChI is InChI=1S/C28H37N3O5/c1-34-14-12-29-11-9-25(20-29)36-24-6-7-26-27(16-24)35-15-13-31(28(26)33)19-23(32)18-30-10-8-21-4-2-3-5-22(21)17-30/h2-7,16,23,25,32H,8-15,17-20H2,1H3/t23?,25-/m1/s1. The predicted octanol–water partition coefficient (Wildman–Crippen LogP) is 2.04. The Hall–Kier alpha value is -2.65. The molecule has 3 aliphatic rings. The van der Waals surface area contributed by atoms with Crippen LogP contribution in [-0.4, -0.2) is 104 Å². The lowest BCUT2D eigenvalue weighted by molar-refractivity contribution is 0.0501. The number of carbonyl (C=O) groups is 1. The minimum Gasteiger partial charge on any atom is -0.491 e. The Morgan fingerprint density at radius 2 is 1.94 bits per heavy atom. The molecule has 0 aromatic heterocycles. The molecule has 5 rings (SSSR count). The van der Waals surface area contributed by atoms with E-state index in [2.05, 4.69) is 34.1 Å². The van der Waals surface area contributed by atoms with Gasteiger partial charge in [0, 0.05) is 59.0 Å². The fourth-order valence-electron chi connectivity index (χ4n) is 5.41. The Morgan fingerprint density at radius 1 is 1.08 bits per heavy atom. The van der Waals surface area contributed by atoms with Crippen molar-refractivity contribution in [2.24, 2.45) is 0 Å². The smallest absolute Gasteiger partial charge is 0.257 e. The van der Waals surface area contributed by atoms with Crippen LogP contribution in [0.15, 0.2) is 42.5 Å². The summed E-state index contributed by atoms with van der Waals surface area (Å²) in [5, 5.41) is 10.8. The normalized spacial score (nSPS) is 21.4. The summed E-state index contributed by atoms with van der Waals surface area (Å²) in [7, 11) is 1.72. The van der Waals surface area contributed by atoms with E-state index in [-0.39, 0.29) is 18.6 Å². The summed E-state index contributed by atoms with van der Waals surface area (Å²) in [6.45, 7) is 6.91. The highest BCUT2D eigenvalue weighted by Gasteiger charge is 2.28. The Labute approximate surface area is 213 Å². The van der Waals surface area contributed by atoms with Crippen LogP contribution in [0.4, 0.5) is 0 Å². The molecule has 0 aliphatic carbocycles. The van der Waals surface area contributed by atoms with Crippen molar-refractivity contribution in [3.8, 4) is 11.5 Å². The van der Waals surface area contributed by atoms with E-state index >= 15 is 0 Å². The summed E-state index contributed by atoms with van der Waals surface area (Å²) < 4.78 is 17.3. The summed E-state index contributed by atoms with van der Waals surface area (Å²) in [5.41, 5.74) is 3.23. The van der Waals surface area contributed by atoms with E-state index in [1.54, 1.807) is 18.1 Å². The third-order valence-corrected chi connectivity index (χ3v) is 7.34. The van der Waals surface area contributed by atoms with Crippen molar-refractivity contribution in [1.82, 2.24) is 14.7 Å². The molecule has 1 amide bonds. The number of rotatable bonds is 9. The molecule has 8 heteroatoms. The zero-order valence-corrected chi connectivity index (χ0v) is 21.1. The van der Waals surface area contributed by atoms with Gasteiger partial charge in [0.05, 0.1) is 24.8 Å². The quantitative estimate of drug-likeness (QED) is 0.571. The molecule has 0 saturated carbocycles. The molecular formula is C28H37N3O5. The van der Waals surface area contributed by atoms with Crippen molar-refractivity contribution in [3.05, 3.63) is 59.2 Å². The second kappa shape index (κ2) is 11.6. The van der Waals surface area contributed by atoms with E-state index in [0.29, 0.717) is 31.0 Å². The SMILES string of the molecule is COCCN1CC[C@@H](Oc2ccc3c(c2)OCCN(CC(O)CN2CCc4ccccc4C2)C3=O)C1. The van der Waals surface area contributed by atoms with E-state index in [1.807, 2.05) is 12.1 Å². The first-order valence-electron chi connectivity index (χ1n) is 13.0. The van der Waals surface area contributed by atoms with Gasteiger partial charge in [-0.25, -0.2) is 0 Å². The number of ether oxygens (including phenoxy) is 3. The number of likely N-dealkylation sites (tertiary alicyclic amines) is 1. The molecule has 2 atom stereocenters. The summed E-state index contributed by atoms with van der Waals surface area (Å²) in [4.78, 5) is 19.6. The number of hydrogen-bond acceptors (Lipinski definition) is 7. The number of benzene rings is 2. The van der Waals surface area contributed by atoms with Gasteiger partial charge >= 0.3 is 0 Å². The topological polar surface area (TPSA) is 74.7 Å². The summed E-state index contributed by atoms with van der Waals surface area (Å²) in [5.74, 6) is 1.17. The Bertz CT molecular complexity index is 1050. The van der Waals surface area contributed by atoms with Gasteiger partial charge in [0.2, 0.25) is 0 Å². The van der Waals surface area contributed by atoms with E-state index in [9.17, 15) is 9.90 Å². The highest BCUT2D eigenvalue weighted by Crippen LogP contribution is 2.30. The highest BCUT2D eigenvalue weighted by molar-refractivity contribution is 5.97. The average molecular weight is 496 g/mol. The molecule has 36 heavy (non-hydrogen) atoms. The van der Waals surface area contributed by atoms with Gasteiger partial charge in [-0.3, -0.25) is 14.6 Å². The lowest BCUT2D eigenvalue weighted by Gasteiger charge is -2.32. The molecule has 1 N–H and O–H groups in total. The van der Waals surface area contributed by atoms with Crippen molar-refractivity contribution in [2.45, 2.75) is 31.6 Å². The van der Waals surface area contributed by atoms with Crippen LogP contribution in [0.3, 0.4) is 0 Å². The number of methoxy groups -OCH3 is 1. The molecule has 0 radical (unpaired) electrons. The number of carbonyl (C=O) groups excluding carboxylic acids is 1. The second-order valence-corrected chi connectivity index (χ2v) is 9.99. The van der Waals surface area contributed by atoms with Gasteiger partial charge in [-0.2, -0.15) is 0 Å². The van der Waals surface area contributed by atoms with Crippen LogP contribution >= 0.6 is 0 Å². The molecule has 3 heterocycles. The van der Waals surface area contributed by atoms with E-state index in [1.165, 1.54) is 11.1 Å². The molecule has 194 valence electrons. The first kappa shape index (κ1) is 25.0. The predicted molar refractivity (Wildman–Crippen MR) is 137 cm³/mol. The Morgan fingerprint density at radius 3 is 2.81 bits per heavy atom. The van der Waals surface area contributed by atoms with Crippen LogP contribution in [0.5, 0.6) is 11.5 Å². The van der Waals surface area contributed by atoms with Crippen LogP contribution in [0.1, 0.15) is 27.9 Å². The maximum absolute atomic E-state index is 13.3. The number of β-amino-alcohol motifs (C(OH)–C–C–N with tert-alkyl or cyclic N) is 1. The number of aliphatic hydroxyl groups excluding tert-OH is 1. The molecule has 0 spiro atoms. The molecule has 1 unspecified atom stereocenters. The fourth-order valence-corrected chi connectivity index (χ4v) is 5.41. The van der Waals surface area contributed by atoms with Gasteiger partial charge in [-0.05, 0) is 36.1 Å². The number of fused-ring (bicyclic) bond motifs is 2. The lowest BCUT2D eigenvalue weighted by atomic mass is 10.00. The van der Waals surface area contributed by atoms with Gasteiger partial charge in [-0.15, -0.1) is 0 Å². The minimum atomic E-state index is -0.619. The summed E-state index contributed by atoms with van der Waals surface area (Å²) >= 11 is 0. The van der Waals surface area contributed by atoms with Crippen LogP contribution in [0, 0.1) is 0 Å². The second-order valence-electron chi connectivity index (χ2n) is 9.99. The van der Waals surface area contributed by atoms with Gasteiger partial charge in [0.1, 0.15) is 24.2 Å². The third-order valence-electron chi connectivity index (χ3n) is 7.34. The number of aliphatic hydroxyl groups is 1. The van der Waals surface area contributed by atoms with Crippen LogP contribution < -0.4 is 9.47 Å². The molecule has 1 saturated heterocycles. The molecular weight excluding hydrogens is 458 g/mol. The summed E-state index contributed by atoms with van der Waals surface area (Å²) in [6.07, 6.45) is 1.46. The molecule has 2 aromatic carbocycles. The first-order chi connectivity index (χ1) is 17.6. The zero-order chi connectivity index (χ0) is 24.9. The maximum Gasteiger partial charge on any atom is 0.257 e. The van der Waals surface area contributed by atoms with Gasteiger partial charge in [0.15, 0.2) is 0 Å². The van der Waals surface area contributed by atoms with Crippen LogP contribution in [0.25, 0.3) is 0 Å². The van der Waals surface area contributed by atoms with E-state index in [0.717, 1.165) is 57.9 Å². The number of amides is 1. The molecule has 0 bridgehead atoms. The first-order valence-corrected chi connectivity index (χ1v) is 13.0. The van der Waals surface area contributed by atoms with Crippen LogP contribution in [0.2, 0.25) is 0 Å². The van der Waals surface area contributed by atoms with Gasteiger partial charge in [0.25, 0.3) is 5.91 Å². The van der Waals surface area contributed by atoms with Crippen molar-refractivity contribution in [1.29, 1.82) is 0 Å². The number of nitrogens with zero attached hydrogens (tertiary/aromatic N) is 3. The molecule has 8 nitrogen and oxygen atoms in total. The monoisotopic (exact) mass is 495 g/mol.